The molecule has 2 heterocycles. The number of carbonyl (C=O) groups is 2. The fourth-order valence-corrected chi connectivity index (χ4v) is 5.35. The van der Waals surface area contributed by atoms with Crippen molar-refractivity contribution in [2.45, 2.75) is 82.8 Å². The van der Waals surface area contributed by atoms with Gasteiger partial charge >= 0.3 is 6.18 Å². The van der Waals surface area contributed by atoms with Gasteiger partial charge in [-0.25, -0.2) is 4.73 Å². The summed E-state index contributed by atoms with van der Waals surface area (Å²) >= 11 is 0. The highest BCUT2D eigenvalue weighted by molar-refractivity contribution is 5.92. The fourth-order valence-electron chi connectivity index (χ4n) is 5.35. The van der Waals surface area contributed by atoms with E-state index < -0.39 is 17.8 Å². The quantitative estimate of drug-likeness (QED) is 0.408. The summed E-state index contributed by atoms with van der Waals surface area (Å²) in [5.74, 6) is -0.319. The van der Waals surface area contributed by atoms with E-state index in [1.165, 1.54) is 6.92 Å². The van der Waals surface area contributed by atoms with Gasteiger partial charge in [0, 0.05) is 25.6 Å². The maximum atomic E-state index is 13.4. The molecule has 3 N–H and O–H groups in total. The van der Waals surface area contributed by atoms with E-state index in [2.05, 4.69) is 34.8 Å². The Hall–Kier alpha value is -3.15. The lowest BCUT2D eigenvalue weighted by Crippen LogP contribution is -2.58. The van der Waals surface area contributed by atoms with Gasteiger partial charge in [0.2, 0.25) is 11.8 Å². The molecule has 2 aromatic rings. The first-order valence-corrected chi connectivity index (χ1v) is 12.1. The highest BCUT2D eigenvalue weighted by Crippen LogP contribution is 2.33. The summed E-state index contributed by atoms with van der Waals surface area (Å²) < 4.78 is 40.2. The van der Waals surface area contributed by atoms with Gasteiger partial charge in [-0.2, -0.15) is 13.2 Å². The van der Waals surface area contributed by atoms with Crippen LogP contribution in [0.2, 0.25) is 0 Å². The van der Waals surface area contributed by atoms with Crippen LogP contribution in [0.15, 0.2) is 24.5 Å². The summed E-state index contributed by atoms with van der Waals surface area (Å²) in [5.41, 5.74) is -0.889. The lowest BCUT2D eigenvalue weighted by atomic mass is 9.85. The molecule has 0 bridgehead atoms. The molecule has 9 nitrogen and oxygen atoms in total. The minimum atomic E-state index is -4.59. The Kier molecular flexibility index (Phi) is 7.26. The van der Waals surface area contributed by atoms with Crippen molar-refractivity contribution in [3.8, 4) is 0 Å². The van der Waals surface area contributed by atoms with Crippen molar-refractivity contribution in [2.75, 3.05) is 11.9 Å². The predicted molar refractivity (Wildman–Crippen MR) is 127 cm³/mol. The van der Waals surface area contributed by atoms with Crippen LogP contribution in [-0.2, 0) is 15.8 Å². The second kappa shape index (κ2) is 10.1. The van der Waals surface area contributed by atoms with E-state index in [9.17, 15) is 28.0 Å². The molecule has 0 unspecified atom stereocenters. The molecule has 2 amide bonds. The number of hydrogen-bond acceptors (Lipinski definition) is 6. The molecule has 1 saturated carbocycles. The molecular weight excluding hydrogens is 477 g/mol. The Bertz CT molecular complexity index is 1140. The topological polar surface area (TPSA) is 113 Å². The number of anilines is 1. The van der Waals surface area contributed by atoms with Crippen LogP contribution in [0.5, 0.6) is 0 Å². The molecule has 4 rings (SSSR count). The van der Waals surface area contributed by atoms with Crippen molar-refractivity contribution >= 4 is 28.5 Å². The van der Waals surface area contributed by atoms with E-state index in [0.29, 0.717) is 36.6 Å². The number of aromatic nitrogens is 2. The maximum Gasteiger partial charge on any atom is 0.416 e. The number of benzene rings is 1. The summed E-state index contributed by atoms with van der Waals surface area (Å²) in [4.78, 5) is 31.0. The van der Waals surface area contributed by atoms with E-state index in [1.807, 2.05) is 0 Å². The Morgan fingerprint density at radius 3 is 2.67 bits per heavy atom. The van der Waals surface area contributed by atoms with Crippen molar-refractivity contribution in [1.82, 2.24) is 20.5 Å². The zero-order chi connectivity index (χ0) is 26.2. The number of nitrogens with zero attached hydrogens (tertiary/aromatic N) is 3. The molecule has 196 valence electrons. The number of likely N-dealkylation sites (tertiary alicyclic amines) is 1. The molecule has 4 atom stereocenters. The molecule has 1 aliphatic heterocycles. The molecule has 1 aliphatic carbocycles. The SMILES string of the molecule is CC(=O)N[C@H]1C[C@H](NC(C)C)CC[C@@H]1N1CC[C@H](Nc2nc[n+]([O-])c3ccc(C(F)(F)F)cc23)C1=O. The zero-order valence-corrected chi connectivity index (χ0v) is 20.4. The van der Waals surface area contributed by atoms with Crippen molar-refractivity contribution < 1.29 is 27.5 Å². The van der Waals surface area contributed by atoms with Crippen molar-refractivity contribution in [2.24, 2.45) is 0 Å². The van der Waals surface area contributed by atoms with Crippen molar-refractivity contribution in [1.29, 1.82) is 0 Å². The van der Waals surface area contributed by atoms with Gasteiger partial charge < -0.3 is 26.1 Å². The third-order valence-electron chi connectivity index (χ3n) is 6.83. The van der Waals surface area contributed by atoms with E-state index in [0.717, 1.165) is 30.9 Å². The predicted octanol–water partition coefficient (Wildman–Crippen LogP) is 2.32. The number of carbonyl (C=O) groups excluding carboxylic acids is 2. The first kappa shape index (κ1) is 25.9. The molecule has 2 fully saturated rings. The minimum Gasteiger partial charge on any atom is -0.710 e. The number of alkyl halides is 3. The summed E-state index contributed by atoms with van der Waals surface area (Å²) in [5, 5.41) is 21.6. The molecule has 12 heteroatoms. The Labute approximate surface area is 207 Å². The normalized spacial score (nSPS) is 25.0. The van der Waals surface area contributed by atoms with Crippen LogP contribution in [0.3, 0.4) is 0 Å². The summed E-state index contributed by atoms with van der Waals surface area (Å²) in [6.45, 7) is 6.02. The van der Waals surface area contributed by atoms with E-state index in [-0.39, 0.29) is 46.7 Å². The molecule has 36 heavy (non-hydrogen) atoms. The lowest BCUT2D eigenvalue weighted by Gasteiger charge is -2.42. The van der Waals surface area contributed by atoms with E-state index in [1.54, 1.807) is 4.90 Å². The zero-order valence-electron chi connectivity index (χ0n) is 20.4. The van der Waals surface area contributed by atoms with Gasteiger partial charge in [0.25, 0.3) is 12.1 Å². The number of amides is 2. The van der Waals surface area contributed by atoms with Crippen LogP contribution in [0.25, 0.3) is 10.9 Å². The third kappa shape index (κ3) is 5.48. The molecule has 2 aliphatic rings. The standard InChI is InChI=1S/C24H31F3N6O3/c1-13(2)29-16-5-7-21(19(11-16)30-14(3)34)32-9-8-18(23(32)35)31-22-17-10-15(24(25,26)27)4-6-20(17)33(36)12-28-22/h4,6,10,12-13,16,18-19,21,29H,5,7-9,11H2,1-3H3,(H,28,31)(H,30,34)/t16-,18+,19+,21+/m1/s1. The maximum absolute atomic E-state index is 13.4. The Morgan fingerprint density at radius 1 is 1.25 bits per heavy atom. The first-order chi connectivity index (χ1) is 16.9. The summed E-state index contributed by atoms with van der Waals surface area (Å²) in [7, 11) is 0. The minimum absolute atomic E-state index is 0.00929. The van der Waals surface area contributed by atoms with Gasteiger partial charge in [-0.15, -0.1) is 0 Å². The fraction of sp³-hybridized carbons (Fsp3) is 0.583. The van der Waals surface area contributed by atoms with Crippen LogP contribution < -0.4 is 20.7 Å². The van der Waals surface area contributed by atoms with Gasteiger partial charge in [-0.1, -0.05) is 13.8 Å². The lowest BCUT2D eigenvalue weighted by molar-refractivity contribution is -0.580. The van der Waals surface area contributed by atoms with E-state index >= 15 is 0 Å². The average molecular weight is 509 g/mol. The van der Waals surface area contributed by atoms with Crippen molar-refractivity contribution in [3.63, 3.8) is 0 Å². The number of hydrogen-bond donors (Lipinski definition) is 3. The van der Waals surface area contributed by atoms with Gasteiger partial charge in [0.15, 0.2) is 0 Å². The number of nitrogens with one attached hydrogen (secondary N) is 3. The molecule has 1 aromatic carbocycles. The highest BCUT2D eigenvalue weighted by Gasteiger charge is 2.42. The van der Waals surface area contributed by atoms with E-state index in [4.69, 9.17) is 0 Å². The van der Waals surface area contributed by atoms with Gasteiger partial charge in [-0.05, 0) is 48.9 Å². The second-order valence-electron chi connectivity index (χ2n) is 9.87. The van der Waals surface area contributed by atoms with Crippen LogP contribution in [0.1, 0.15) is 52.0 Å². The molecule has 1 aromatic heterocycles. The van der Waals surface area contributed by atoms with Crippen LogP contribution in [-0.4, -0.2) is 58.5 Å². The highest BCUT2D eigenvalue weighted by atomic mass is 19.4. The van der Waals surface area contributed by atoms with Crippen LogP contribution >= 0.6 is 0 Å². The third-order valence-corrected chi connectivity index (χ3v) is 6.83. The molecule has 0 radical (unpaired) electrons. The monoisotopic (exact) mass is 508 g/mol. The Morgan fingerprint density at radius 2 is 2.00 bits per heavy atom. The number of fused-ring (bicyclic) bond motifs is 1. The summed E-state index contributed by atoms with van der Waals surface area (Å²) in [6.07, 6.45) is -0.939. The smallest absolute Gasteiger partial charge is 0.416 e. The van der Waals surface area contributed by atoms with Gasteiger partial charge in [0.05, 0.1) is 23.0 Å². The van der Waals surface area contributed by atoms with Crippen molar-refractivity contribution in [3.05, 3.63) is 35.3 Å². The van der Waals surface area contributed by atoms with Gasteiger partial charge in [0.1, 0.15) is 11.6 Å². The molecule has 1 saturated heterocycles. The van der Waals surface area contributed by atoms with Crippen LogP contribution in [0, 0.1) is 5.21 Å². The number of halogens is 3. The Balaban J connectivity index is 1.54. The van der Waals surface area contributed by atoms with Gasteiger partial charge in [-0.3, -0.25) is 9.59 Å². The van der Waals surface area contributed by atoms with Crippen LogP contribution in [0.4, 0.5) is 19.0 Å². The summed E-state index contributed by atoms with van der Waals surface area (Å²) in [6, 6.07) is 2.24. The number of rotatable bonds is 6. The molecule has 0 spiro atoms. The second-order valence-corrected chi connectivity index (χ2v) is 9.87. The first-order valence-electron chi connectivity index (χ1n) is 12.1. The molecular formula is C24H31F3N6O3. The largest absolute Gasteiger partial charge is 0.710 e. The average Bonchev–Trinajstić information content (AvgIpc) is 3.14.